The first kappa shape index (κ1) is 14.9. The van der Waals surface area contributed by atoms with Crippen molar-refractivity contribution in [2.45, 2.75) is 30.9 Å². The zero-order valence-electron chi connectivity index (χ0n) is 11.9. The summed E-state index contributed by atoms with van der Waals surface area (Å²) in [5, 5.41) is 3.31. The number of carbonyl (C=O) groups excluding carboxylic acids is 1. The van der Waals surface area contributed by atoms with Crippen LogP contribution in [0.5, 0.6) is 0 Å². The molecule has 20 heavy (non-hydrogen) atoms. The molecule has 4 nitrogen and oxygen atoms in total. The molecule has 2 unspecified atom stereocenters. The van der Waals surface area contributed by atoms with Gasteiger partial charge in [0.05, 0.1) is 5.60 Å². The third-order valence-electron chi connectivity index (χ3n) is 4.09. The molecular formula is C16H22N2O2. The summed E-state index contributed by atoms with van der Waals surface area (Å²) < 4.78 is 5.80. The van der Waals surface area contributed by atoms with E-state index in [-0.39, 0.29) is 6.04 Å². The van der Waals surface area contributed by atoms with Gasteiger partial charge >= 0.3 is 0 Å². The fourth-order valence-corrected chi connectivity index (χ4v) is 2.94. The van der Waals surface area contributed by atoms with Crippen molar-refractivity contribution in [2.75, 3.05) is 20.2 Å². The van der Waals surface area contributed by atoms with Gasteiger partial charge in [0.25, 0.3) is 0 Å². The molecule has 0 heterocycles. The van der Waals surface area contributed by atoms with Gasteiger partial charge < -0.3 is 15.8 Å². The second kappa shape index (κ2) is 6.82. The Labute approximate surface area is 120 Å². The van der Waals surface area contributed by atoms with Crippen LogP contribution in [-0.2, 0) is 15.1 Å². The molecule has 2 rings (SSSR count). The Morgan fingerprint density at radius 1 is 1.45 bits per heavy atom. The number of nitrogens with two attached hydrogens (primary N) is 1. The normalized spacial score (nSPS) is 26.3. The van der Waals surface area contributed by atoms with Crippen molar-refractivity contribution in [3.63, 3.8) is 0 Å². The molecule has 0 saturated heterocycles. The van der Waals surface area contributed by atoms with Crippen molar-refractivity contribution in [1.29, 1.82) is 0 Å². The molecule has 1 aliphatic carbocycles. The Bertz CT molecular complexity index is 483. The molecule has 0 aromatic heterocycles. The number of hydrogen-bond acceptors (Lipinski definition) is 4. The van der Waals surface area contributed by atoms with Gasteiger partial charge in [-0.2, -0.15) is 0 Å². The quantitative estimate of drug-likeness (QED) is 0.796. The van der Waals surface area contributed by atoms with E-state index in [4.69, 9.17) is 10.5 Å². The van der Waals surface area contributed by atoms with E-state index in [0.717, 1.165) is 24.0 Å². The van der Waals surface area contributed by atoms with E-state index >= 15 is 0 Å². The minimum Gasteiger partial charge on any atom is -0.373 e. The van der Waals surface area contributed by atoms with Gasteiger partial charge in [0.15, 0.2) is 0 Å². The minimum atomic E-state index is -0.408. The monoisotopic (exact) mass is 274 g/mol. The highest BCUT2D eigenvalue weighted by molar-refractivity contribution is 5.56. The Morgan fingerprint density at radius 2 is 2.20 bits per heavy atom. The summed E-state index contributed by atoms with van der Waals surface area (Å²) in [6.45, 7) is 1.28. The van der Waals surface area contributed by atoms with Crippen molar-refractivity contribution in [3.8, 4) is 0 Å². The molecule has 1 saturated carbocycles. The Kier molecular flexibility index (Phi) is 5.10. The first-order chi connectivity index (χ1) is 9.75. The van der Waals surface area contributed by atoms with Crippen LogP contribution in [-0.4, -0.2) is 32.2 Å². The van der Waals surface area contributed by atoms with Crippen LogP contribution in [0.3, 0.4) is 0 Å². The molecule has 0 aliphatic heterocycles. The fraction of sp³-hybridized carbons (Fsp3) is 0.500. The summed E-state index contributed by atoms with van der Waals surface area (Å²) >= 11 is 0. The third-order valence-corrected chi connectivity index (χ3v) is 4.09. The minimum absolute atomic E-state index is 0.0723. The first-order valence-corrected chi connectivity index (χ1v) is 7.04. The molecule has 108 valence electrons. The van der Waals surface area contributed by atoms with Crippen LogP contribution in [0.15, 0.2) is 35.9 Å². The number of ether oxygens (including phenoxy) is 1. The average Bonchev–Trinajstić information content (AvgIpc) is 2.53. The number of hydrogen-bond donors (Lipinski definition) is 2. The summed E-state index contributed by atoms with van der Waals surface area (Å²) in [5.74, 6) is 2.11. The van der Waals surface area contributed by atoms with E-state index in [1.54, 1.807) is 7.11 Å². The number of benzene rings is 1. The molecular weight excluding hydrogens is 252 g/mol. The fourth-order valence-electron chi connectivity index (χ4n) is 2.94. The van der Waals surface area contributed by atoms with Crippen LogP contribution in [0.2, 0.25) is 0 Å². The van der Waals surface area contributed by atoms with E-state index in [1.807, 2.05) is 18.2 Å². The lowest BCUT2D eigenvalue weighted by molar-refractivity contribution is -0.0350. The molecule has 1 fully saturated rings. The summed E-state index contributed by atoms with van der Waals surface area (Å²) in [6.07, 6.45) is 2.31. The van der Waals surface area contributed by atoms with Gasteiger partial charge in [0.2, 0.25) is 0 Å². The lowest BCUT2D eigenvalue weighted by Gasteiger charge is -2.40. The summed E-state index contributed by atoms with van der Waals surface area (Å²) in [4.78, 5) is 11.3. The van der Waals surface area contributed by atoms with Crippen LogP contribution in [0.25, 0.3) is 0 Å². The summed E-state index contributed by atoms with van der Waals surface area (Å²) in [7, 11) is 1.71. The van der Waals surface area contributed by atoms with Crippen LogP contribution < -0.4 is 11.1 Å². The van der Waals surface area contributed by atoms with Crippen LogP contribution >= 0.6 is 0 Å². The van der Waals surface area contributed by atoms with E-state index in [1.165, 1.54) is 0 Å². The molecule has 4 heteroatoms. The predicted octanol–water partition coefficient (Wildman–Crippen LogP) is 1.39. The largest absolute Gasteiger partial charge is 0.373 e. The van der Waals surface area contributed by atoms with E-state index in [0.29, 0.717) is 19.5 Å². The van der Waals surface area contributed by atoms with E-state index < -0.39 is 5.60 Å². The maximum Gasteiger partial charge on any atom is 0.125 e. The lowest BCUT2D eigenvalue weighted by Crippen LogP contribution is -2.44. The highest BCUT2D eigenvalue weighted by Gasteiger charge is 2.39. The van der Waals surface area contributed by atoms with Crippen molar-refractivity contribution in [3.05, 3.63) is 41.5 Å². The van der Waals surface area contributed by atoms with Crippen LogP contribution in [0.1, 0.15) is 24.8 Å². The lowest BCUT2D eigenvalue weighted by atomic mass is 9.75. The third kappa shape index (κ3) is 3.00. The number of nitrogens with one attached hydrogen (secondary N) is 1. The van der Waals surface area contributed by atoms with E-state index in [2.05, 4.69) is 23.4 Å². The first-order valence-electron chi connectivity index (χ1n) is 7.04. The smallest absolute Gasteiger partial charge is 0.125 e. The second-order valence-electron chi connectivity index (χ2n) is 5.20. The topological polar surface area (TPSA) is 64.3 Å². The van der Waals surface area contributed by atoms with Gasteiger partial charge in [-0.25, -0.2) is 4.79 Å². The number of rotatable bonds is 5. The van der Waals surface area contributed by atoms with Crippen molar-refractivity contribution >= 4 is 5.94 Å². The van der Waals surface area contributed by atoms with Gasteiger partial charge in [-0.3, -0.25) is 0 Å². The van der Waals surface area contributed by atoms with Crippen molar-refractivity contribution < 1.29 is 9.53 Å². The Morgan fingerprint density at radius 3 is 2.80 bits per heavy atom. The molecule has 0 spiro atoms. The van der Waals surface area contributed by atoms with Crippen LogP contribution in [0, 0.1) is 0 Å². The number of methoxy groups -OCH3 is 1. The molecule has 0 bridgehead atoms. The van der Waals surface area contributed by atoms with Crippen molar-refractivity contribution in [2.24, 2.45) is 5.73 Å². The van der Waals surface area contributed by atoms with Gasteiger partial charge in [0.1, 0.15) is 5.94 Å². The summed E-state index contributed by atoms with van der Waals surface area (Å²) in [5.41, 5.74) is 6.96. The highest BCUT2D eigenvalue weighted by Crippen LogP contribution is 2.41. The van der Waals surface area contributed by atoms with Gasteiger partial charge in [-0.05, 0) is 18.4 Å². The maximum absolute atomic E-state index is 11.3. The molecule has 3 N–H and O–H groups in total. The standard InChI is InChI=1S/C16H22N2O2/c1-20-16(14-5-3-2-4-6-14)8-7-15(18-10-9-17)13(11-16)12-19/h2-6,15,18H,7-11,17H2,1H3. The molecule has 0 radical (unpaired) electrons. The van der Waals surface area contributed by atoms with E-state index in [9.17, 15) is 4.79 Å². The Balaban J connectivity index is 2.21. The molecule has 2 atom stereocenters. The van der Waals surface area contributed by atoms with Gasteiger partial charge in [-0.15, -0.1) is 0 Å². The maximum atomic E-state index is 11.3. The zero-order chi connectivity index (χ0) is 14.4. The molecule has 1 aliphatic rings. The van der Waals surface area contributed by atoms with Gasteiger partial charge in [-0.1, -0.05) is 30.3 Å². The summed E-state index contributed by atoms with van der Waals surface area (Å²) in [6, 6.07) is 10.2. The molecule has 0 amide bonds. The molecule has 1 aromatic rings. The SMILES string of the molecule is COC1(c2ccccc2)CCC(NCCN)C(=C=O)C1. The van der Waals surface area contributed by atoms with Crippen molar-refractivity contribution in [1.82, 2.24) is 5.32 Å². The van der Waals surface area contributed by atoms with Crippen LogP contribution in [0.4, 0.5) is 0 Å². The average molecular weight is 274 g/mol. The predicted molar refractivity (Wildman–Crippen MR) is 79.0 cm³/mol. The highest BCUT2D eigenvalue weighted by atomic mass is 16.5. The molecule has 1 aromatic carbocycles. The zero-order valence-corrected chi connectivity index (χ0v) is 11.9. The van der Waals surface area contributed by atoms with Gasteiger partial charge in [0, 0.05) is 38.2 Å². The second-order valence-corrected chi connectivity index (χ2v) is 5.20. The Hall–Kier alpha value is -1.45.